The Morgan fingerprint density at radius 2 is 2.32 bits per heavy atom. The number of nitrogens with two attached hydrogens (primary N) is 1. The van der Waals surface area contributed by atoms with Crippen LogP contribution in [0.2, 0.25) is 0 Å². The molecule has 19 heavy (non-hydrogen) atoms. The molecule has 3 rings (SSSR count). The van der Waals surface area contributed by atoms with Crippen molar-refractivity contribution in [3.8, 4) is 6.07 Å². The second kappa shape index (κ2) is 4.56. The van der Waals surface area contributed by atoms with Crippen LogP contribution in [0.1, 0.15) is 24.4 Å². The van der Waals surface area contributed by atoms with Crippen molar-refractivity contribution in [1.82, 2.24) is 14.5 Å². The van der Waals surface area contributed by atoms with Crippen molar-refractivity contribution in [3.05, 3.63) is 23.8 Å². The minimum atomic E-state index is 0.345. The lowest BCUT2D eigenvalue weighted by atomic mass is 10.1. The summed E-state index contributed by atoms with van der Waals surface area (Å²) in [6.45, 7) is 2.11. The lowest BCUT2D eigenvalue weighted by molar-refractivity contribution is 0.216. The standard InChI is InChI=1S/C14H17N5/c1-18-6-2-3-11(9-18)19-13-7-10(8-15)4-5-12(13)17-14(19)16/h4-5,7,11H,2-3,6,9H2,1H3,(H2,16,17). The van der Waals surface area contributed by atoms with Crippen molar-refractivity contribution in [1.29, 1.82) is 5.26 Å². The van der Waals surface area contributed by atoms with Gasteiger partial charge in [0.15, 0.2) is 0 Å². The van der Waals surface area contributed by atoms with Gasteiger partial charge >= 0.3 is 0 Å². The van der Waals surface area contributed by atoms with Gasteiger partial charge in [0.1, 0.15) is 0 Å². The third-order valence-corrected chi connectivity index (χ3v) is 3.81. The van der Waals surface area contributed by atoms with Crippen molar-refractivity contribution in [2.45, 2.75) is 18.9 Å². The van der Waals surface area contributed by atoms with E-state index in [0.29, 0.717) is 17.6 Å². The summed E-state index contributed by atoms with van der Waals surface area (Å²) in [6.07, 6.45) is 2.27. The first-order valence-electron chi connectivity index (χ1n) is 6.55. The summed E-state index contributed by atoms with van der Waals surface area (Å²) in [6, 6.07) is 8.05. The van der Waals surface area contributed by atoms with Crippen LogP contribution in [0.15, 0.2) is 18.2 Å². The molecule has 98 valence electrons. The molecule has 0 spiro atoms. The first-order valence-corrected chi connectivity index (χ1v) is 6.55. The average molecular weight is 255 g/mol. The van der Waals surface area contributed by atoms with Crippen LogP contribution < -0.4 is 5.73 Å². The van der Waals surface area contributed by atoms with Crippen molar-refractivity contribution in [2.24, 2.45) is 0 Å². The van der Waals surface area contributed by atoms with Crippen LogP contribution >= 0.6 is 0 Å². The number of hydrogen-bond donors (Lipinski definition) is 1. The highest BCUT2D eigenvalue weighted by atomic mass is 15.2. The average Bonchev–Trinajstić information content (AvgIpc) is 2.73. The summed E-state index contributed by atoms with van der Waals surface area (Å²) < 4.78 is 2.09. The van der Waals surface area contributed by atoms with E-state index in [9.17, 15) is 0 Å². The Morgan fingerprint density at radius 3 is 3.05 bits per heavy atom. The summed E-state index contributed by atoms with van der Waals surface area (Å²) in [4.78, 5) is 6.71. The summed E-state index contributed by atoms with van der Waals surface area (Å²) in [7, 11) is 2.13. The molecule has 1 saturated heterocycles. The van der Waals surface area contributed by atoms with Gasteiger partial charge in [0, 0.05) is 12.6 Å². The Labute approximate surface area is 112 Å². The first-order chi connectivity index (χ1) is 9.19. The smallest absolute Gasteiger partial charge is 0.201 e. The van der Waals surface area contributed by atoms with Crippen LogP contribution in [-0.4, -0.2) is 34.6 Å². The van der Waals surface area contributed by atoms with Crippen LogP contribution in [0, 0.1) is 11.3 Å². The lowest BCUT2D eigenvalue weighted by Crippen LogP contribution is -2.33. The molecule has 2 aromatic rings. The van der Waals surface area contributed by atoms with E-state index in [0.717, 1.165) is 37.0 Å². The fourth-order valence-electron chi connectivity index (χ4n) is 2.91. The number of anilines is 1. The van der Waals surface area contributed by atoms with Crippen molar-refractivity contribution < 1.29 is 0 Å². The third kappa shape index (κ3) is 2.04. The number of fused-ring (bicyclic) bond motifs is 1. The Balaban J connectivity index is 2.11. The quantitative estimate of drug-likeness (QED) is 0.842. The monoisotopic (exact) mass is 255 g/mol. The summed E-state index contributed by atoms with van der Waals surface area (Å²) in [5.41, 5.74) is 8.56. The minimum absolute atomic E-state index is 0.345. The first kappa shape index (κ1) is 12.0. The highest BCUT2D eigenvalue weighted by Crippen LogP contribution is 2.29. The van der Waals surface area contributed by atoms with Crippen LogP contribution in [-0.2, 0) is 0 Å². The summed E-state index contributed by atoms with van der Waals surface area (Å²) in [5.74, 6) is 0.547. The number of nitrogen functional groups attached to an aromatic ring is 1. The van der Waals surface area contributed by atoms with Gasteiger partial charge in [-0.1, -0.05) is 0 Å². The maximum Gasteiger partial charge on any atom is 0.201 e. The molecule has 0 saturated carbocycles. The normalized spacial score (nSPS) is 20.5. The van der Waals surface area contributed by atoms with Gasteiger partial charge in [0.25, 0.3) is 0 Å². The van der Waals surface area contributed by atoms with E-state index in [-0.39, 0.29) is 0 Å². The zero-order valence-corrected chi connectivity index (χ0v) is 11.0. The number of nitriles is 1. The highest BCUT2D eigenvalue weighted by Gasteiger charge is 2.22. The minimum Gasteiger partial charge on any atom is -0.369 e. The third-order valence-electron chi connectivity index (χ3n) is 3.81. The molecular weight excluding hydrogens is 238 g/mol. The molecule has 0 radical (unpaired) electrons. The molecule has 1 aliphatic rings. The molecule has 5 nitrogen and oxygen atoms in total. The summed E-state index contributed by atoms with van der Waals surface area (Å²) >= 11 is 0. The van der Waals surface area contributed by atoms with Gasteiger partial charge < -0.3 is 15.2 Å². The van der Waals surface area contributed by atoms with E-state index in [1.807, 2.05) is 12.1 Å². The number of rotatable bonds is 1. The van der Waals surface area contributed by atoms with Gasteiger partial charge in [0.2, 0.25) is 5.95 Å². The maximum atomic E-state index is 9.03. The second-order valence-corrected chi connectivity index (χ2v) is 5.21. The largest absolute Gasteiger partial charge is 0.369 e. The molecule has 1 fully saturated rings. The Kier molecular flexibility index (Phi) is 2.88. The van der Waals surface area contributed by atoms with Crippen LogP contribution in [0.25, 0.3) is 11.0 Å². The second-order valence-electron chi connectivity index (χ2n) is 5.21. The predicted octanol–water partition coefficient (Wildman–Crippen LogP) is 1.76. The summed E-state index contributed by atoms with van der Waals surface area (Å²) in [5, 5.41) is 9.03. The number of piperidine rings is 1. The van der Waals surface area contributed by atoms with Gasteiger partial charge in [0.05, 0.1) is 22.7 Å². The van der Waals surface area contributed by atoms with E-state index in [1.165, 1.54) is 0 Å². The van der Waals surface area contributed by atoms with Crippen molar-refractivity contribution >= 4 is 17.0 Å². The van der Waals surface area contributed by atoms with E-state index >= 15 is 0 Å². The number of likely N-dealkylation sites (N-methyl/N-ethyl adjacent to an activating group) is 1. The van der Waals surface area contributed by atoms with E-state index in [1.54, 1.807) is 6.07 Å². The number of likely N-dealkylation sites (tertiary alicyclic amines) is 1. The predicted molar refractivity (Wildman–Crippen MR) is 74.6 cm³/mol. The van der Waals surface area contributed by atoms with E-state index < -0.39 is 0 Å². The molecular formula is C14H17N5. The van der Waals surface area contributed by atoms with E-state index in [2.05, 4.69) is 27.6 Å². The van der Waals surface area contributed by atoms with Gasteiger partial charge in [-0.3, -0.25) is 0 Å². The SMILES string of the molecule is CN1CCCC(n2c(N)nc3ccc(C#N)cc32)C1. The van der Waals surface area contributed by atoms with Gasteiger partial charge in [-0.2, -0.15) is 5.26 Å². The zero-order chi connectivity index (χ0) is 13.4. The molecule has 1 atom stereocenters. The molecule has 0 bridgehead atoms. The molecule has 0 aliphatic carbocycles. The molecule has 1 aliphatic heterocycles. The fraction of sp³-hybridized carbons (Fsp3) is 0.429. The van der Waals surface area contributed by atoms with E-state index in [4.69, 9.17) is 11.0 Å². The van der Waals surface area contributed by atoms with Gasteiger partial charge in [-0.15, -0.1) is 0 Å². The molecule has 1 aromatic carbocycles. The molecule has 2 N–H and O–H groups in total. The molecule has 1 aromatic heterocycles. The number of aromatic nitrogens is 2. The highest BCUT2D eigenvalue weighted by molar-refractivity contribution is 5.80. The number of hydrogen-bond acceptors (Lipinski definition) is 4. The maximum absolute atomic E-state index is 9.03. The molecule has 0 amide bonds. The Bertz CT molecular complexity index is 652. The van der Waals surface area contributed by atoms with Gasteiger partial charge in [-0.05, 0) is 44.6 Å². The molecule has 5 heteroatoms. The Hall–Kier alpha value is -2.06. The zero-order valence-electron chi connectivity index (χ0n) is 11.0. The van der Waals surface area contributed by atoms with Crippen LogP contribution in [0.4, 0.5) is 5.95 Å². The number of benzene rings is 1. The lowest BCUT2D eigenvalue weighted by Gasteiger charge is -2.31. The van der Waals surface area contributed by atoms with Crippen molar-refractivity contribution in [3.63, 3.8) is 0 Å². The van der Waals surface area contributed by atoms with Gasteiger partial charge in [-0.25, -0.2) is 4.98 Å². The Morgan fingerprint density at radius 1 is 1.47 bits per heavy atom. The molecule has 1 unspecified atom stereocenters. The van der Waals surface area contributed by atoms with Crippen LogP contribution in [0.3, 0.4) is 0 Å². The number of imidazole rings is 1. The van der Waals surface area contributed by atoms with Crippen LogP contribution in [0.5, 0.6) is 0 Å². The topological polar surface area (TPSA) is 70.9 Å². The number of nitrogens with zero attached hydrogens (tertiary/aromatic N) is 4. The van der Waals surface area contributed by atoms with Crippen molar-refractivity contribution in [2.75, 3.05) is 25.9 Å². The molecule has 2 heterocycles. The fourth-order valence-corrected chi connectivity index (χ4v) is 2.91.